The number of benzene rings is 1. The van der Waals surface area contributed by atoms with Crippen LogP contribution >= 0.6 is 0 Å². The summed E-state index contributed by atoms with van der Waals surface area (Å²) < 4.78 is 0. The first-order valence-corrected chi connectivity index (χ1v) is 6.91. The van der Waals surface area contributed by atoms with Crippen molar-refractivity contribution in [3.05, 3.63) is 34.9 Å². The van der Waals surface area contributed by atoms with Crippen LogP contribution in [-0.2, 0) is 6.42 Å². The van der Waals surface area contributed by atoms with Crippen molar-refractivity contribution >= 4 is 0 Å². The van der Waals surface area contributed by atoms with Crippen molar-refractivity contribution in [3.63, 3.8) is 0 Å². The van der Waals surface area contributed by atoms with Gasteiger partial charge in [-0.3, -0.25) is 0 Å². The molecule has 2 heteroatoms. The van der Waals surface area contributed by atoms with Crippen LogP contribution in [0.1, 0.15) is 37.0 Å². The molecule has 0 fully saturated rings. The van der Waals surface area contributed by atoms with E-state index >= 15 is 0 Å². The summed E-state index contributed by atoms with van der Waals surface area (Å²) in [5, 5.41) is 3.55. The highest BCUT2D eigenvalue weighted by Gasteiger charge is 2.15. The molecule has 102 valence electrons. The molecule has 0 radical (unpaired) electrons. The molecule has 0 saturated carbocycles. The standard InChI is InChI=1S/C16H28N2/c1-13-5-6-14(2)15(11-13)7-10-18-12-16(3,4)8-9-17/h5-6,11,18H,7-10,12,17H2,1-4H3. The third kappa shape index (κ3) is 5.19. The van der Waals surface area contributed by atoms with Crippen LogP contribution in [0, 0.1) is 19.3 Å². The minimum absolute atomic E-state index is 0.302. The average molecular weight is 248 g/mol. The van der Waals surface area contributed by atoms with Crippen molar-refractivity contribution in [1.29, 1.82) is 0 Å². The molecule has 18 heavy (non-hydrogen) atoms. The molecule has 0 spiro atoms. The molecule has 1 aromatic rings. The maximum absolute atomic E-state index is 5.62. The van der Waals surface area contributed by atoms with Gasteiger partial charge in [-0.25, -0.2) is 0 Å². The van der Waals surface area contributed by atoms with E-state index < -0.39 is 0 Å². The summed E-state index contributed by atoms with van der Waals surface area (Å²) in [6, 6.07) is 6.68. The summed E-state index contributed by atoms with van der Waals surface area (Å²) in [5.41, 5.74) is 10.1. The largest absolute Gasteiger partial charge is 0.330 e. The zero-order chi connectivity index (χ0) is 13.6. The molecule has 0 aliphatic heterocycles. The molecule has 0 aliphatic rings. The van der Waals surface area contributed by atoms with Crippen molar-refractivity contribution < 1.29 is 0 Å². The summed E-state index contributed by atoms with van der Waals surface area (Å²) in [6.45, 7) is 11.7. The van der Waals surface area contributed by atoms with E-state index in [9.17, 15) is 0 Å². The zero-order valence-electron chi connectivity index (χ0n) is 12.3. The lowest BCUT2D eigenvalue weighted by Gasteiger charge is -2.24. The summed E-state index contributed by atoms with van der Waals surface area (Å²) in [7, 11) is 0. The van der Waals surface area contributed by atoms with Gasteiger partial charge in [-0.05, 0) is 56.3 Å². The molecule has 1 rings (SSSR count). The van der Waals surface area contributed by atoms with Crippen molar-refractivity contribution in [2.45, 2.75) is 40.5 Å². The molecule has 0 heterocycles. The van der Waals surface area contributed by atoms with Crippen LogP contribution in [0.2, 0.25) is 0 Å². The fourth-order valence-electron chi connectivity index (χ4n) is 2.20. The molecular weight excluding hydrogens is 220 g/mol. The minimum atomic E-state index is 0.302. The summed E-state index contributed by atoms with van der Waals surface area (Å²) >= 11 is 0. The van der Waals surface area contributed by atoms with E-state index in [1.54, 1.807) is 0 Å². The van der Waals surface area contributed by atoms with Crippen LogP contribution in [0.15, 0.2) is 18.2 Å². The van der Waals surface area contributed by atoms with Crippen molar-refractivity contribution in [3.8, 4) is 0 Å². The van der Waals surface area contributed by atoms with Crippen LogP contribution in [0.4, 0.5) is 0 Å². The molecule has 0 bridgehead atoms. The van der Waals surface area contributed by atoms with Gasteiger partial charge < -0.3 is 11.1 Å². The molecule has 0 saturated heterocycles. The summed E-state index contributed by atoms with van der Waals surface area (Å²) in [6.07, 6.45) is 2.18. The van der Waals surface area contributed by atoms with Gasteiger partial charge in [-0.15, -0.1) is 0 Å². The molecule has 0 aromatic heterocycles. The van der Waals surface area contributed by atoms with E-state index in [4.69, 9.17) is 5.73 Å². The van der Waals surface area contributed by atoms with Gasteiger partial charge in [0.05, 0.1) is 0 Å². The third-order valence-corrected chi connectivity index (χ3v) is 3.50. The summed E-state index contributed by atoms with van der Waals surface area (Å²) in [4.78, 5) is 0. The van der Waals surface area contributed by atoms with Gasteiger partial charge in [-0.2, -0.15) is 0 Å². The smallest absolute Gasteiger partial charge is 0.000312 e. The fraction of sp³-hybridized carbons (Fsp3) is 0.625. The Balaban J connectivity index is 2.36. The highest BCUT2D eigenvalue weighted by molar-refractivity contribution is 5.30. The maximum atomic E-state index is 5.62. The predicted octanol–water partition coefficient (Wildman–Crippen LogP) is 2.81. The Morgan fingerprint density at radius 2 is 1.94 bits per heavy atom. The molecule has 3 N–H and O–H groups in total. The lowest BCUT2D eigenvalue weighted by atomic mass is 9.89. The quantitative estimate of drug-likeness (QED) is 0.728. The lowest BCUT2D eigenvalue weighted by molar-refractivity contribution is 0.321. The average Bonchev–Trinajstić information content (AvgIpc) is 2.29. The molecule has 0 unspecified atom stereocenters. The van der Waals surface area contributed by atoms with Gasteiger partial charge in [0.15, 0.2) is 0 Å². The van der Waals surface area contributed by atoms with Crippen LogP contribution in [0.3, 0.4) is 0 Å². The molecule has 0 amide bonds. The molecule has 2 nitrogen and oxygen atoms in total. The van der Waals surface area contributed by atoms with Crippen LogP contribution in [0.5, 0.6) is 0 Å². The van der Waals surface area contributed by atoms with Gasteiger partial charge in [-0.1, -0.05) is 37.6 Å². The monoisotopic (exact) mass is 248 g/mol. The Bertz CT molecular complexity index is 369. The fourth-order valence-corrected chi connectivity index (χ4v) is 2.20. The normalized spacial score (nSPS) is 11.8. The van der Waals surface area contributed by atoms with Gasteiger partial charge >= 0.3 is 0 Å². The molecular formula is C16H28N2. The van der Waals surface area contributed by atoms with Gasteiger partial charge in [0.1, 0.15) is 0 Å². The second kappa shape index (κ2) is 6.91. The minimum Gasteiger partial charge on any atom is -0.330 e. The third-order valence-electron chi connectivity index (χ3n) is 3.50. The Labute approximate surface area is 112 Å². The van der Waals surface area contributed by atoms with Crippen molar-refractivity contribution in [1.82, 2.24) is 5.32 Å². The number of rotatable bonds is 7. The predicted molar refractivity (Wildman–Crippen MR) is 79.9 cm³/mol. The van der Waals surface area contributed by atoms with Gasteiger partial charge in [0, 0.05) is 6.54 Å². The zero-order valence-corrected chi connectivity index (χ0v) is 12.3. The highest BCUT2D eigenvalue weighted by atomic mass is 14.9. The van der Waals surface area contributed by atoms with Gasteiger partial charge in [0.2, 0.25) is 0 Å². The molecule has 1 aromatic carbocycles. The molecule has 0 aliphatic carbocycles. The van der Waals surface area contributed by atoms with E-state index in [2.05, 4.69) is 51.2 Å². The van der Waals surface area contributed by atoms with Crippen molar-refractivity contribution in [2.75, 3.05) is 19.6 Å². The first-order valence-electron chi connectivity index (χ1n) is 6.91. The second-order valence-electron chi connectivity index (χ2n) is 6.06. The number of nitrogens with one attached hydrogen (secondary N) is 1. The number of aryl methyl sites for hydroxylation is 2. The van der Waals surface area contributed by atoms with Crippen LogP contribution in [-0.4, -0.2) is 19.6 Å². The van der Waals surface area contributed by atoms with E-state index in [0.29, 0.717) is 5.41 Å². The van der Waals surface area contributed by atoms with Crippen molar-refractivity contribution in [2.24, 2.45) is 11.1 Å². The SMILES string of the molecule is Cc1ccc(C)c(CCNCC(C)(C)CCN)c1. The Hall–Kier alpha value is -0.860. The Morgan fingerprint density at radius 1 is 1.22 bits per heavy atom. The highest BCUT2D eigenvalue weighted by Crippen LogP contribution is 2.17. The molecule has 0 atom stereocenters. The van der Waals surface area contributed by atoms with Crippen LogP contribution in [0.25, 0.3) is 0 Å². The van der Waals surface area contributed by atoms with Gasteiger partial charge in [0.25, 0.3) is 0 Å². The van der Waals surface area contributed by atoms with E-state index in [1.165, 1.54) is 16.7 Å². The van der Waals surface area contributed by atoms with Crippen LogP contribution < -0.4 is 11.1 Å². The Kier molecular flexibility index (Phi) is 5.83. The lowest BCUT2D eigenvalue weighted by Crippen LogP contribution is -2.32. The van der Waals surface area contributed by atoms with E-state index in [-0.39, 0.29) is 0 Å². The summed E-state index contributed by atoms with van der Waals surface area (Å²) in [5.74, 6) is 0. The Morgan fingerprint density at radius 3 is 2.61 bits per heavy atom. The first kappa shape index (κ1) is 15.2. The van der Waals surface area contributed by atoms with E-state index in [0.717, 1.165) is 32.5 Å². The number of hydrogen-bond acceptors (Lipinski definition) is 2. The number of nitrogens with two attached hydrogens (primary N) is 1. The first-order chi connectivity index (χ1) is 8.44. The second-order valence-corrected chi connectivity index (χ2v) is 6.06. The number of hydrogen-bond donors (Lipinski definition) is 2. The van der Waals surface area contributed by atoms with E-state index in [1.807, 2.05) is 0 Å². The maximum Gasteiger partial charge on any atom is 0.000312 e. The topological polar surface area (TPSA) is 38.0 Å².